The topological polar surface area (TPSA) is 33.5 Å². The molecule has 10 rings (SSSR count). The van der Waals surface area contributed by atoms with Crippen LogP contribution in [0.2, 0.25) is 0 Å². The molecule has 0 fully saturated rings. The van der Waals surface area contributed by atoms with E-state index in [-0.39, 0.29) is 10.8 Å². The number of hydrogen-bond donors (Lipinski definition) is 0. The molecule has 5 heteroatoms. The molecule has 0 bridgehead atoms. The molecule has 0 spiro atoms. The van der Waals surface area contributed by atoms with E-state index < -0.39 is 0 Å². The quantitative estimate of drug-likeness (QED) is 0.130. The Morgan fingerprint density at radius 2 is 1.24 bits per heavy atom. The number of anilines is 4. The first-order valence-corrected chi connectivity index (χ1v) is 24.2. The number of nitrogens with zero attached hydrogens (tertiary/aromatic N) is 4. The second-order valence-corrected chi connectivity index (χ2v) is 20.2. The van der Waals surface area contributed by atoms with Gasteiger partial charge < -0.3 is 14.5 Å². The first-order valence-electron chi connectivity index (χ1n) is 24.2. The van der Waals surface area contributed by atoms with Crippen LogP contribution in [0.5, 0.6) is 11.5 Å². The first kappa shape index (κ1) is 43.8. The zero-order chi connectivity index (χ0) is 46.5. The number of rotatable bonds is 11. The van der Waals surface area contributed by atoms with Crippen LogP contribution in [0.3, 0.4) is 0 Å². The number of pyridine rings is 1. The lowest BCUT2D eigenvalue weighted by atomic mass is 9.81. The van der Waals surface area contributed by atoms with Gasteiger partial charge in [-0.3, -0.25) is 4.57 Å². The third-order valence-electron chi connectivity index (χ3n) is 13.5. The van der Waals surface area contributed by atoms with Gasteiger partial charge >= 0.3 is 0 Å². The van der Waals surface area contributed by atoms with Crippen molar-refractivity contribution in [3.05, 3.63) is 192 Å². The number of para-hydroxylation sites is 3. The molecule has 0 saturated heterocycles. The van der Waals surface area contributed by atoms with Gasteiger partial charge in [0.25, 0.3) is 0 Å². The summed E-state index contributed by atoms with van der Waals surface area (Å²) in [5.74, 6) is 2.49. The van der Waals surface area contributed by atoms with E-state index in [9.17, 15) is 0 Å². The number of aryl methyl sites for hydroxylation is 2. The maximum atomic E-state index is 6.92. The van der Waals surface area contributed by atoms with Gasteiger partial charge in [0, 0.05) is 45.9 Å². The Bertz CT molecular complexity index is 3260. The van der Waals surface area contributed by atoms with Gasteiger partial charge in [0.15, 0.2) is 0 Å². The van der Waals surface area contributed by atoms with Crippen LogP contribution in [0.4, 0.5) is 22.7 Å². The molecule has 2 aromatic heterocycles. The highest BCUT2D eigenvalue weighted by molar-refractivity contribution is 6.11. The minimum absolute atomic E-state index is 0.0183. The Kier molecular flexibility index (Phi) is 11.5. The average Bonchev–Trinajstić information content (AvgIpc) is 3.88. The normalized spacial score (nSPS) is 12.9. The summed E-state index contributed by atoms with van der Waals surface area (Å²) in [5.41, 5.74) is 17.1. The van der Waals surface area contributed by atoms with Crippen LogP contribution in [0.25, 0.3) is 49.9 Å². The number of ether oxygens (including phenoxy) is 1. The fraction of sp³-hybridized carbons (Fsp3) is 0.242. The van der Waals surface area contributed by atoms with Gasteiger partial charge in [0.2, 0.25) is 0 Å². The third kappa shape index (κ3) is 8.15. The number of aromatic nitrogens is 2. The van der Waals surface area contributed by atoms with Crippen molar-refractivity contribution in [3.8, 4) is 39.6 Å². The van der Waals surface area contributed by atoms with Crippen molar-refractivity contribution >= 4 is 44.6 Å². The molecule has 0 aliphatic carbocycles. The van der Waals surface area contributed by atoms with Crippen molar-refractivity contribution in [3.63, 3.8) is 0 Å². The lowest BCUT2D eigenvalue weighted by molar-refractivity contribution is 0.483. The average molecular weight is 879 g/mol. The lowest BCUT2D eigenvalue weighted by Crippen LogP contribution is -2.25. The number of hydrogen-bond acceptors (Lipinski definition) is 4. The fourth-order valence-electron chi connectivity index (χ4n) is 10.3. The van der Waals surface area contributed by atoms with Gasteiger partial charge in [-0.2, -0.15) is 0 Å². The third-order valence-corrected chi connectivity index (χ3v) is 13.5. The highest BCUT2D eigenvalue weighted by Gasteiger charge is 2.32. The maximum absolute atomic E-state index is 6.92. The van der Waals surface area contributed by atoms with Crippen LogP contribution in [0.1, 0.15) is 90.5 Å². The van der Waals surface area contributed by atoms with Gasteiger partial charge in [-0.1, -0.05) is 165 Å². The molecule has 0 N–H and O–H groups in total. The van der Waals surface area contributed by atoms with Gasteiger partial charge in [-0.05, 0) is 112 Å². The SMILES string of the molecule is CCCc1ccc2c(c1CCC)c1ccc(Oc3cccc(N4CN(c5c(-c6ccccc6)cccc5-c5ccccc5C(C)(C)C)c5ccccc54)c3)cc1n2-c1cc(C(C)(C)C)ccn1. The lowest BCUT2D eigenvalue weighted by Gasteiger charge is -2.29. The zero-order valence-electron chi connectivity index (χ0n) is 40.4. The van der Waals surface area contributed by atoms with E-state index in [1.165, 1.54) is 72.2 Å². The van der Waals surface area contributed by atoms with Gasteiger partial charge in [0.05, 0.1) is 28.1 Å². The van der Waals surface area contributed by atoms with Crippen molar-refractivity contribution in [2.45, 2.75) is 91.9 Å². The van der Waals surface area contributed by atoms with E-state index in [0.29, 0.717) is 6.67 Å². The minimum atomic E-state index is -0.0442. The highest BCUT2D eigenvalue weighted by Crippen LogP contribution is 2.51. The Hall–Kier alpha value is -7.11. The fourth-order valence-corrected chi connectivity index (χ4v) is 10.3. The largest absolute Gasteiger partial charge is 0.457 e. The Labute approximate surface area is 397 Å². The maximum Gasteiger partial charge on any atom is 0.137 e. The van der Waals surface area contributed by atoms with Crippen molar-refractivity contribution in [1.82, 2.24) is 9.55 Å². The van der Waals surface area contributed by atoms with Gasteiger partial charge in [-0.25, -0.2) is 4.98 Å². The summed E-state index contributed by atoms with van der Waals surface area (Å²) in [6.45, 7) is 18.9. The van der Waals surface area contributed by atoms with E-state index in [0.717, 1.165) is 59.9 Å². The van der Waals surface area contributed by atoms with E-state index in [1.807, 2.05) is 6.20 Å². The summed E-state index contributed by atoms with van der Waals surface area (Å²) < 4.78 is 9.27. The molecule has 3 heterocycles. The molecule has 0 unspecified atom stereocenters. The highest BCUT2D eigenvalue weighted by atomic mass is 16.5. The van der Waals surface area contributed by atoms with E-state index in [1.54, 1.807) is 0 Å². The number of fused-ring (bicyclic) bond motifs is 4. The molecule has 0 amide bonds. The Morgan fingerprint density at radius 3 is 2.00 bits per heavy atom. The first-order chi connectivity index (χ1) is 32.4. The standard InChI is InChI=1S/C62H62N4O/c1-9-20-42-32-35-56-59(48(42)21-10-2)52-34-33-47(40-57(52)66(56)58-38-44(36-37-63-58)61(3,4)5)67-46-25-18-24-45(39-46)64-41-65(55-31-17-16-30-54(55)64)60-49(43-22-12-11-13-23-43)27-19-28-51(60)50-26-14-15-29-53(50)62(6,7)8/h11-19,22-40H,9-10,20-21,41H2,1-8H3. The van der Waals surface area contributed by atoms with Crippen LogP contribution in [-0.2, 0) is 23.7 Å². The molecule has 0 saturated carbocycles. The molecule has 9 aromatic rings. The van der Waals surface area contributed by atoms with E-state index >= 15 is 0 Å². The van der Waals surface area contributed by atoms with Crippen molar-refractivity contribution < 1.29 is 4.74 Å². The monoisotopic (exact) mass is 878 g/mol. The van der Waals surface area contributed by atoms with Crippen LogP contribution in [0, 0.1) is 0 Å². The van der Waals surface area contributed by atoms with Crippen LogP contribution in [0.15, 0.2) is 170 Å². The molecule has 336 valence electrons. The molecule has 5 nitrogen and oxygen atoms in total. The predicted octanol–water partition coefficient (Wildman–Crippen LogP) is 17.1. The van der Waals surface area contributed by atoms with Crippen LogP contribution < -0.4 is 14.5 Å². The van der Waals surface area contributed by atoms with Gasteiger partial charge in [-0.15, -0.1) is 0 Å². The summed E-state index contributed by atoms with van der Waals surface area (Å²) in [4.78, 5) is 9.94. The predicted molar refractivity (Wildman–Crippen MR) is 283 cm³/mol. The molecule has 0 atom stereocenters. The van der Waals surface area contributed by atoms with Crippen LogP contribution >= 0.6 is 0 Å². The summed E-state index contributed by atoms with van der Waals surface area (Å²) in [6, 6.07) is 59.6. The summed E-state index contributed by atoms with van der Waals surface area (Å²) in [5, 5.41) is 2.56. The van der Waals surface area contributed by atoms with Crippen LogP contribution in [-0.4, -0.2) is 16.2 Å². The Balaban J connectivity index is 1.07. The van der Waals surface area contributed by atoms with Crippen molar-refractivity contribution in [2.75, 3.05) is 16.5 Å². The summed E-state index contributed by atoms with van der Waals surface area (Å²) in [7, 11) is 0. The minimum Gasteiger partial charge on any atom is -0.457 e. The molecule has 1 aliphatic rings. The molecule has 1 aliphatic heterocycles. The zero-order valence-corrected chi connectivity index (χ0v) is 40.4. The second kappa shape index (κ2) is 17.6. The molecule has 0 radical (unpaired) electrons. The van der Waals surface area contributed by atoms with E-state index in [4.69, 9.17) is 9.72 Å². The molecular formula is C62H62N4O. The summed E-state index contributed by atoms with van der Waals surface area (Å²) >= 11 is 0. The molecular weight excluding hydrogens is 817 g/mol. The smallest absolute Gasteiger partial charge is 0.137 e. The second-order valence-electron chi connectivity index (χ2n) is 20.2. The van der Waals surface area contributed by atoms with Gasteiger partial charge in [0.1, 0.15) is 24.0 Å². The summed E-state index contributed by atoms with van der Waals surface area (Å²) in [6.07, 6.45) is 6.26. The van der Waals surface area contributed by atoms with E-state index in [2.05, 4.69) is 234 Å². The molecule has 67 heavy (non-hydrogen) atoms. The number of benzene rings is 7. The Morgan fingerprint density at radius 1 is 0.552 bits per heavy atom. The molecule has 7 aromatic carbocycles. The van der Waals surface area contributed by atoms with Crippen molar-refractivity contribution in [2.24, 2.45) is 0 Å². The van der Waals surface area contributed by atoms with Crippen molar-refractivity contribution in [1.29, 1.82) is 0 Å².